The van der Waals surface area contributed by atoms with Crippen LogP contribution >= 0.6 is 59.0 Å². The van der Waals surface area contributed by atoms with E-state index in [2.05, 4.69) is 12.6 Å². The van der Waals surface area contributed by atoms with Gasteiger partial charge >= 0.3 is 0 Å². The lowest BCUT2D eigenvalue weighted by Gasteiger charge is -2.09. The Kier molecular flexibility index (Phi) is 15.2. The molecule has 0 atom stereocenters. The van der Waals surface area contributed by atoms with Crippen molar-refractivity contribution < 1.29 is 4.74 Å². The smallest absolute Gasteiger partial charge is 0.121 e. The summed E-state index contributed by atoms with van der Waals surface area (Å²) in [5, 5.41) is 2.68. The van der Waals surface area contributed by atoms with Crippen molar-refractivity contribution in [3.63, 3.8) is 0 Å². The van der Waals surface area contributed by atoms with Gasteiger partial charge in [0.1, 0.15) is 5.75 Å². The van der Waals surface area contributed by atoms with Crippen LogP contribution in [0.25, 0.3) is 11.1 Å². The number of methoxy groups -OCH3 is 1. The van der Waals surface area contributed by atoms with Gasteiger partial charge in [-0.15, -0.1) is 12.6 Å². The number of ether oxygens (including phenoxy) is 1. The van der Waals surface area contributed by atoms with Gasteiger partial charge in [0, 0.05) is 25.0 Å². The van der Waals surface area contributed by atoms with Crippen molar-refractivity contribution in [1.29, 1.82) is 0 Å². The van der Waals surface area contributed by atoms with Crippen LogP contribution in [0.2, 0.25) is 20.1 Å². The quantitative estimate of drug-likeness (QED) is 0.331. The number of benzene rings is 3. The normalized spacial score (nSPS) is 9.29. The van der Waals surface area contributed by atoms with E-state index in [1.807, 2.05) is 77.9 Å². The number of halogens is 4. The fourth-order valence-corrected chi connectivity index (χ4v) is 3.42. The molecule has 0 aliphatic heterocycles. The highest BCUT2D eigenvalue weighted by molar-refractivity contribution is 7.80. The van der Waals surface area contributed by atoms with E-state index in [1.165, 1.54) is 0 Å². The first kappa shape index (κ1) is 30.0. The van der Waals surface area contributed by atoms with Crippen LogP contribution in [-0.4, -0.2) is 7.11 Å². The number of aryl methyl sites for hydroxylation is 1. The van der Waals surface area contributed by atoms with E-state index in [9.17, 15) is 0 Å². The second-order valence-electron chi connectivity index (χ2n) is 5.84. The Balaban J connectivity index is 0.000000526. The zero-order valence-corrected chi connectivity index (χ0v) is 22.9. The maximum atomic E-state index is 6.00. The zero-order chi connectivity index (χ0) is 24.1. The average Bonchev–Trinajstić information content (AvgIpc) is 2.78. The van der Waals surface area contributed by atoms with Crippen LogP contribution in [0.15, 0.2) is 53.4 Å². The van der Waals surface area contributed by atoms with E-state index in [1.54, 1.807) is 19.2 Å². The largest absolute Gasteiger partial charge is 0.497 e. The molecule has 0 spiro atoms. The van der Waals surface area contributed by atoms with Crippen LogP contribution in [0.1, 0.15) is 38.8 Å². The highest BCUT2D eigenvalue weighted by Crippen LogP contribution is 2.33. The van der Waals surface area contributed by atoms with E-state index >= 15 is 0 Å². The molecule has 0 heterocycles. The second kappa shape index (κ2) is 15.7. The molecular weight excluding hydrogens is 490 g/mol. The Hall–Kier alpha value is -1.03. The maximum Gasteiger partial charge on any atom is 0.121 e. The van der Waals surface area contributed by atoms with Gasteiger partial charge in [-0.3, -0.25) is 0 Å². The van der Waals surface area contributed by atoms with Crippen LogP contribution in [0.3, 0.4) is 0 Å². The highest BCUT2D eigenvalue weighted by Gasteiger charge is 2.07. The first-order valence-corrected chi connectivity index (χ1v) is 11.9. The molecule has 0 N–H and O–H groups in total. The molecule has 0 radical (unpaired) electrons. The monoisotopic (exact) mass is 518 g/mol. The molecule has 0 aliphatic carbocycles. The van der Waals surface area contributed by atoms with Crippen LogP contribution in [0, 0.1) is 13.8 Å². The topological polar surface area (TPSA) is 9.23 Å². The SMILES string of the molecule is CC.CC.COc1cc(Cl)c(C)c(Cl)c1.Cc1ccc(Cl)cc1-c1cc(Cl)ccc1S. The molecule has 6 heteroatoms. The minimum atomic E-state index is 0.634. The van der Waals surface area contributed by atoms with Gasteiger partial charge in [-0.25, -0.2) is 0 Å². The molecule has 0 saturated heterocycles. The standard InChI is InChI=1S/C13H10Cl2S.C8H8Cl2O.2C2H6/c1-8-2-3-9(14)6-11(8)12-7-10(15)4-5-13(12)16;1-5-7(9)3-6(11-2)4-8(5)10;2*1-2/h2-7,16H,1H3;3-4H,1-2H3;2*1-2H3. The summed E-state index contributed by atoms with van der Waals surface area (Å²) in [6.07, 6.45) is 0. The van der Waals surface area contributed by atoms with Crippen molar-refractivity contribution in [2.75, 3.05) is 7.11 Å². The molecule has 1 nitrogen and oxygen atoms in total. The number of hydrogen-bond donors (Lipinski definition) is 1. The Morgan fingerprint density at radius 3 is 1.61 bits per heavy atom. The summed E-state index contributed by atoms with van der Waals surface area (Å²) in [6, 6.07) is 14.9. The lowest BCUT2D eigenvalue weighted by atomic mass is 10.0. The predicted molar refractivity (Wildman–Crippen MR) is 144 cm³/mol. The van der Waals surface area contributed by atoms with Gasteiger partial charge in [0.15, 0.2) is 0 Å². The molecular formula is C25H30Cl4OS. The van der Waals surface area contributed by atoms with Crippen LogP contribution in [0.4, 0.5) is 0 Å². The summed E-state index contributed by atoms with van der Waals surface area (Å²) in [4.78, 5) is 0.898. The van der Waals surface area contributed by atoms with Crippen LogP contribution in [0.5, 0.6) is 5.75 Å². The van der Waals surface area contributed by atoms with Crippen molar-refractivity contribution >= 4 is 59.0 Å². The molecule has 0 amide bonds. The maximum absolute atomic E-state index is 6.00. The fraction of sp³-hybridized carbons (Fsp3) is 0.280. The Morgan fingerprint density at radius 1 is 0.677 bits per heavy atom. The third kappa shape index (κ3) is 9.55. The summed E-state index contributed by atoms with van der Waals surface area (Å²) >= 11 is 28.1. The summed E-state index contributed by atoms with van der Waals surface area (Å²) in [7, 11) is 1.58. The third-order valence-electron chi connectivity index (χ3n) is 3.94. The lowest BCUT2D eigenvalue weighted by Crippen LogP contribution is -1.85. The first-order valence-electron chi connectivity index (χ1n) is 9.97. The van der Waals surface area contributed by atoms with Gasteiger partial charge in [-0.05, 0) is 78.6 Å². The highest BCUT2D eigenvalue weighted by atomic mass is 35.5. The van der Waals surface area contributed by atoms with Gasteiger partial charge < -0.3 is 4.74 Å². The minimum absolute atomic E-state index is 0.634. The third-order valence-corrected chi connectivity index (χ3v) is 5.58. The van der Waals surface area contributed by atoms with E-state index in [0.29, 0.717) is 25.8 Å². The van der Waals surface area contributed by atoms with E-state index in [-0.39, 0.29) is 0 Å². The average molecular weight is 520 g/mol. The van der Waals surface area contributed by atoms with Crippen molar-refractivity contribution in [2.45, 2.75) is 46.4 Å². The molecule has 0 fully saturated rings. The van der Waals surface area contributed by atoms with Crippen molar-refractivity contribution in [3.05, 3.63) is 79.7 Å². The van der Waals surface area contributed by atoms with E-state index < -0.39 is 0 Å². The molecule has 0 unspecified atom stereocenters. The number of rotatable bonds is 2. The fourth-order valence-electron chi connectivity index (χ4n) is 2.35. The zero-order valence-electron chi connectivity index (χ0n) is 19.0. The Labute approximate surface area is 213 Å². The summed E-state index contributed by atoms with van der Waals surface area (Å²) in [5.41, 5.74) is 4.12. The predicted octanol–water partition coefficient (Wildman–Crippen LogP) is 10.6. The van der Waals surface area contributed by atoms with Gasteiger partial charge in [-0.1, -0.05) is 80.2 Å². The molecule has 0 aliphatic rings. The van der Waals surface area contributed by atoms with E-state index in [0.717, 1.165) is 27.1 Å². The van der Waals surface area contributed by atoms with Crippen molar-refractivity contribution in [2.24, 2.45) is 0 Å². The molecule has 0 saturated carbocycles. The molecule has 3 aromatic carbocycles. The summed E-state index contributed by atoms with van der Waals surface area (Å²) in [6.45, 7) is 11.9. The second-order valence-corrected chi connectivity index (χ2v) is 8.01. The number of hydrogen-bond acceptors (Lipinski definition) is 2. The summed E-state index contributed by atoms with van der Waals surface area (Å²) in [5.74, 6) is 0.686. The van der Waals surface area contributed by atoms with Gasteiger partial charge in [0.2, 0.25) is 0 Å². The number of thiol groups is 1. The lowest BCUT2D eigenvalue weighted by molar-refractivity contribution is 0.415. The Bertz CT molecular complexity index is 886. The first-order chi connectivity index (χ1) is 14.7. The van der Waals surface area contributed by atoms with Crippen LogP contribution < -0.4 is 4.74 Å². The Morgan fingerprint density at radius 2 is 1.13 bits per heavy atom. The summed E-state index contributed by atoms with van der Waals surface area (Å²) < 4.78 is 4.96. The molecule has 3 aromatic rings. The van der Waals surface area contributed by atoms with Gasteiger partial charge in [0.25, 0.3) is 0 Å². The molecule has 0 aromatic heterocycles. The molecule has 31 heavy (non-hydrogen) atoms. The molecule has 0 bridgehead atoms. The minimum Gasteiger partial charge on any atom is -0.497 e. The molecule has 170 valence electrons. The van der Waals surface area contributed by atoms with Gasteiger partial charge in [-0.2, -0.15) is 0 Å². The van der Waals surface area contributed by atoms with E-state index in [4.69, 9.17) is 51.1 Å². The van der Waals surface area contributed by atoms with Crippen molar-refractivity contribution in [1.82, 2.24) is 0 Å². The molecule has 3 rings (SSSR count). The van der Waals surface area contributed by atoms with Crippen LogP contribution in [-0.2, 0) is 0 Å². The van der Waals surface area contributed by atoms with Gasteiger partial charge in [0.05, 0.1) is 7.11 Å². The van der Waals surface area contributed by atoms with Crippen molar-refractivity contribution in [3.8, 4) is 16.9 Å².